The third-order valence-corrected chi connectivity index (χ3v) is 4.84. The van der Waals surface area contributed by atoms with Gasteiger partial charge in [0.15, 0.2) is 4.34 Å². The molecule has 2 aromatic heterocycles. The van der Waals surface area contributed by atoms with Gasteiger partial charge in [0.05, 0.1) is 5.56 Å². The molecule has 2 rings (SSSR count). The Morgan fingerprint density at radius 1 is 1.43 bits per heavy atom. The van der Waals surface area contributed by atoms with Crippen LogP contribution >= 0.6 is 23.1 Å². The molecular formula is C14H19N3O2S2. The highest BCUT2D eigenvalue weighted by Crippen LogP contribution is 2.27. The largest absolute Gasteiger partial charge is 0.466 e. The van der Waals surface area contributed by atoms with Crippen LogP contribution in [0.25, 0.3) is 0 Å². The molecule has 1 N–H and O–H groups in total. The van der Waals surface area contributed by atoms with Gasteiger partial charge in [0.1, 0.15) is 11.5 Å². The molecule has 0 saturated carbocycles. The van der Waals surface area contributed by atoms with Crippen molar-refractivity contribution in [3.05, 3.63) is 23.2 Å². The Balaban J connectivity index is 1.93. The first kappa shape index (κ1) is 16.0. The number of thioether (sulfide) groups is 1. The molecule has 114 valence electrons. The number of carbonyl (C=O) groups is 1. The van der Waals surface area contributed by atoms with Gasteiger partial charge in [-0.2, -0.15) is 0 Å². The van der Waals surface area contributed by atoms with Crippen molar-refractivity contribution < 1.29 is 9.21 Å². The lowest BCUT2D eigenvalue weighted by Gasteiger charge is -2.00. The zero-order chi connectivity index (χ0) is 15.4. The number of nitrogens with zero attached hydrogens (tertiary/aromatic N) is 2. The number of hydrogen-bond donors (Lipinski definition) is 1. The Hall–Kier alpha value is -1.34. The number of aryl methyl sites for hydroxylation is 2. The van der Waals surface area contributed by atoms with Gasteiger partial charge in [0, 0.05) is 5.75 Å². The van der Waals surface area contributed by atoms with Crippen molar-refractivity contribution in [3.8, 4) is 0 Å². The van der Waals surface area contributed by atoms with E-state index in [9.17, 15) is 4.79 Å². The molecule has 0 aliphatic rings. The molecule has 0 aliphatic heterocycles. The lowest BCUT2D eigenvalue weighted by atomic mass is 10.2. The van der Waals surface area contributed by atoms with E-state index in [1.54, 1.807) is 24.8 Å². The van der Waals surface area contributed by atoms with E-state index in [-0.39, 0.29) is 5.91 Å². The molecule has 0 bridgehead atoms. The highest BCUT2D eigenvalue weighted by atomic mass is 32.2. The summed E-state index contributed by atoms with van der Waals surface area (Å²) in [6.45, 7) is 7.98. The van der Waals surface area contributed by atoms with Gasteiger partial charge >= 0.3 is 0 Å². The molecule has 1 amide bonds. The van der Waals surface area contributed by atoms with E-state index in [0.717, 1.165) is 22.3 Å². The quantitative estimate of drug-likeness (QED) is 0.638. The minimum atomic E-state index is -0.209. The van der Waals surface area contributed by atoms with Crippen LogP contribution in [0, 0.1) is 19.8 Å². The van der Waals surface area contributed by atoms with Crippen LogP contribution in [0.2, 0.25) is 0 Å². The summed E-state index contributed by atoms with van der Waals surface area (Å²) < 4.78 is 6.24. The highest BCUT2D eigenvalue weighted by Gasteiger charge is 2.15. The smallest absolute Gasteiger partial charge is 0.261 e. The van der Waals surface area contributed by atoms with Crippen LogP contribution in [0.5, 0.6) is 0 Å². The maximum atomic E-state index is 12.1. The minimum Gasteiger partial charge on any atom is -0.466 e. The standard InChI is InChI=1S/C14H19N3O2S2/c1-8(2)5-6-20-14-17-16-13(21-14)15-12(18)11-7-9(3)19-10(11)4/h7-8H,5-6H2,1-4H3,(H,15,16,18). The number of aromatic nitrogens is 2. The van der Waals surface area contributed by atoms with E-state index < -0.39 is 0 Å². The van der Waals surface area contributed by atoms with Gasteiger partial charge in [-0.1, -0.05) is 36.9 Å². The van der Waals surface area contributed by atoms with Crippen molar-refractivity contribution in [3.63, 3.8) is 0 Å². The lowest BCUT2D eigenvalue weighted by Crippen LogP contribution is -2.11. The Labute approximate surface area is 132 Å². The second kappa shape index (κ2) is 7.09. The number of carbonyl (C=O) groups excluding carboxylic acids is 1. The molecule has 7 heteroatoms. The van der Waals surface area contributed by atoms with Crippen LogP contribution in [0.3, 0.4) is 0 Å². The third-order valence-electron chi connectivity index (χ3n) is 2.83. The number of amides is 1. The fourth-order valence-electron chi connectivity index (χ4n) is 1.72. The number of anilines is 1. The molecule has 0 spiro atoms. The maximum absolute atomic E-state index is 12.1. The van der Waals surface area contributed by atoms with Crippen molar-refractivity contribution in [2.24, 2.45) is 5.92 Å². The summed E-state index contributed by atoms with van der Waals surface area (Å²) in [5, 5.41) is 11.4. The highest BCUT2D eigenvalue weighted by molar-refractivity contribution is 8.01. The topological polar surface area (TPSA) is 68.0 Å². The van der Waals surface area contributed by atoms with Crippen molar-refractivity contribution in [2.45, 2.75) is 38.5 Å². The molecule has 0 unspecified atom stereocenters. The molecule has 0 aliphatic carbocycles. The van der Waals surface area contributed by atoms with E-state index in [1.165, 1.54) is 11.3 Å². The number of hydrogen-bond acceptors (Lipinski definition) is 6. The SMILES string of the molecule is Cc1cc(C(=O)Nc2nnc(SCCC(C)C)s2)c(C)o1. The van der Waals surface area contributed by atoms with Crippen LogP contribution in [0.1, 0.15) is 42.1 Å². The van der Waals surface area contributed by atoms with Crippen molar-refractivity contribution in [2.75, 3.05) is 11.1 Å². The van der Waals surface area contributed by atoms with Gasteiger partial charge in [-0.15, -0.1) is 10.2 Å². The summed E-state index contributed by atoms with van der Waals surface area (Å²) in [4.78, 5) is 12.1. The monoisotopic (exact) mass is 325 g/mol. The molecule has 21 heavy (non-hydrogen) atoms. The summed E-state index contributed by atoms with van der Waals surface area (Å²) in [7, 11) is 0. The maximum Gasteiger partial charge on any atom is 0.261 e. The number of rotatable bonds is 6. The van der Waals surface area contributed by atoms with Gasteiger partial charge in [0.25, 0.3) is 5.91 Å². The Morgan fingerprint density at radius 2 is 2.19 bits per heavy atom. The summed E-state index contributed by atoms with van der Waals surface area (Å²) in [5.41, 5.74) is 0.539. The first-order valence-corrected chi connectivity index (χ1v) is 8.60. The summed E-state index contributed by atoms with van der Waals surface area (Å²) in [5.74, 6) is 2.82. The Bertz CT molecular complexity index is 620. The van der Waals surface area contributed by atoms with Crippen LogP contribution < -0.4 is 5.32 Å². The van der Waals surface area contributed by atoms with Crippen molar-refractivity contribution >= 4 is 34.1 Å². The predicted octanol–water partition coefficient (Wildman–Crippen LogP) is 4.14. The van der Waals surface area contributed by atoms with E-state index in [1.807, 2.05) is 6.92 Å². The molecule has 2 heterocycles. The summed E-state index contributed by atoms with van der Waals surface area (Å²) >= 11 is 3.07. The van der Waals surface area contributed by atoms with Crippen molar-refractivity contribution in [1.29, 1.82) is 0 Å². The molecular weight excluding hydrogens is 306 g/mol. The van der Waals surface area contributed by atoms with E-state index >= 15 is 0 Å². The average molecular weight is 325 g/mol. The summed E-state index contributed by atoms with van der Waals surface area (Å²) in [6, 6.07) is 1.73. The van der Waals surface area contributed by atoms with Crippen LogP contribution in [0.15, 0.2) is 14.8 Å². The average Bonchev–Trinajstić information content (AvgIpc) is 2.95. The zero-order valence-electron chi connectivity index (χ0n) is 12.6. The first-order valence-electron chi connectivity index (χ1n) is 6.80. The normalized spacial score (nSPS) is 11.1. The first-order chi connectivity index (χ1) is 9.95. The number of nitrogens with one attached hydrogen (secondary N) is 1. The fourth-order valence-corrected chi connectivity index (χ4v) is 3.78. The van der Waals surface area contributed by atoms with E-state index in [0.29, 0.717) is 22.4 Å². The van der Waals surface area contributed by atoms with Crippen molar-refractivity contribution in [1.82, 2.24) is 10.2 Å². The third kappa shape index (κ3) is 4.57. The van der Waals surface area contributed by atoms with Gasteiger partial charge < -0.3 is 4.42 Å². The van der Waals surface area contributed by atoms with Gasteiger partial charge in [0.2, 0.25) is 5.13 Å². The van der Waals surface area contributed by atoms with Crippen LogP contribution in [-0.4, -0.2) is 21.9 Å². The lowest BCUT2D eigenvalue weighted by molar-refractivity contribution is 0.102. The second-order valence-corrected chi connectivity index (χ2v) is 7.50. The fraction of sp³-hybridized carbons (Fsp3) is 0.500. The van der Waals surface area contributed by atoms with Crippen LogP contribution in [-0.2, 0) is 0 Å². The molecule has 0 atom stereocenters. The molecule has 5 nitrogen and oxygen atoms in total. The van der Waals surface area contributed by atoms with Gasteiger partial charge in [-0.05, 0) is 32.3 Å². The second-order valence-electron chi connectivity index (χ2n) is 5.19. The van der Waals surface area contributed by atoms with Gasteiger partial charge in [-0.3, -0.25) is 10.1 Å². The molecule has 2 aromatic rings. The van der Waals surface area contributed by atoms with Gasteiger partial charge in [-0.25, -0.2) is 0 Å². The number of furan rings is 1. The molecule has 0 aromatic carbocycles. The molecule has 0 saturated heterocycles. The van der Waals surface area contributed by atoms with E-state index in [4.69, 9.17) is 4.42 Å². The summed E-state index contributed by atoms with van der Waals surface area (Å²) in [6.07, 6.45) is 1.14. The Morgan fingerprint density at radius 3 is 2.81 bits per heavy atom. The molecule has 0 fully saturated rings. The zero-order valence-corrected chi connectivity index (χ0v) is 14.2. The Kier molecular flexibility index (Phi) is 5.41. The van der Waals surface area contributed by atoms with E-state index in [2.05, 4.69) is 29.4 Å². The minimum absolute atomic E-state index is 0.209. The molecule has 0 radical (unpaired) electrons. The predicted molar refractivity (Wildman–Crippen MR) is 86.2 cm³/mol. The van der Waals surface area contributed by atoms with Crippen LogP contribution in [0.4, 0.5) is 5.13 Å².